The van der Waals surface area contributed by atoms with E-state index in [0.717, 1.165) is 56.6 Å². The van der Waals surface area contributed by atoms with Crippen LogP contribution in [0.15, 0.2) is 48.5 Å². The fraction of sp³-hybridized carbons (Fsp3) is 0.480. The molecule has 1 amide bonds. The summed E-state index contributed by atoms with van der Waals surface area (Å²) in [6.45, 7) is 6.50. The van der Waals surface area contributed by atoms with Crippen LogP contribution >= 0.6 is 0 Å². The number of rotatable bonds is 9. The van der Waals surface area contributed by atoms with Gasteiger partial charge in [0.25, 0.3) is 0 Å². The molecule has 1 atom stereocenters. The van der Waals surface area contributed by atoms with E-state index in [9.17, 15) is 13.6 Å². The maximum Gasteiger partial charge on any atom is 0.222 e. The Morgan fingerprint density at radius 1 is 1.07 bits per heavy atom. The highest BCUT2D eigenvalue weighted by Crippen LogP contribution is 2.19. The highest BCUT2D eigenvalue weighted by molar-refractivity contribution is 5.76. The standard InChI is InChI=1S/C25H32F2N2O/c1-2-29(25(30)13-10-20-8-11-23(26)12-9-20)19-22-6-4-15-28(18-22)16-14-21-5-3-7-24(27)17-21/h3,5,7-9,11-12,17,22H,2,4,6,10,13-16,18-19H2,1H3/t22-/m1/s1. The first-order chi connectivity index (χ1) is 14.5. The molecule has 1 heterocycles. The molecule has 0 bridgehead atoms. The Morgan fingerprint density at radius 3 is 2.60 bits per heavy atom. The molecule has 3 rings (SSSR count). The van der Waals surface area contributed by atoms with E-state index in [2.05, 4.69) is 4.90 Å². The summed E-state index contributed by atoms with van der Waals surface area (Å²) in [7, 11) is 0. The Kier molecular flexibility index (Phi) is 8.38. The minimum atomic E-state index is -0.250. The molecule has 0 radical (unpaired) electrons. The van der Waals surface area contributed by atoms with Crippen LogP contribution in [0.25, 0.3) is 0 Å². The van der Waals surface area contributed by atoms with Gasteiger partial charge in [0.2, 0.25) is 5.91 Å². The van der Waals surface area contributed by atoms with E-state index in [1.54, 1.807) is 24.3 Å². The van der Waals surface area contributed by atoms with Crippen molar-refractivity contribution in [1.29, 1.82) is 0 Å². The zero-order valence-corrected chi connectivity index (χ0v) is 17.8. The molecular weight excluding hydrogens is 382 g/mol. The summed E-state index contributed by atoms with van der Waals surface area (Å²) >= 11 is 0. The van der Waals surface area contributed by atoms with Gasteiger partial charge < -0.3 is 9.80 Å². The molecule has 2 aromatic carbocycles. The number of nitrogens with zero attached hydrogens (tertiary/aromatic N) is 2. The van der Waals surface area contributed by atoms with Crippen LogP contribution in [0.1, 0.15) is 37.3 Å². The van der Waals surface area contributed by atoms with Gasteiger partial charge >= 0.3 is 0 Å². The Bertz CT molecular complexity index is 809. The zero-order chi connectivity index (χ0) is 21.3. The van der Waals surface area contributed by atoms with Crippen LogP contribution in [0.5, 0.6) is 0 Å². The molecule has 30 heavy (non-hydrogen) atoms. The molecule has 1 saturated heterocycles. The molecule has 1 aliphatic heterocycles. The quantitative estimate of drug-likeness (QED) is 0.594. The fourth-order valence-corrected chi connectivity index (χ4v) is 4.26. The van der Waals surface area contributed by atoms with E-state index in [0.29, 0.717) is 25.3 Å². The Balaban J connectivity index is 1.45. The molecule has 0 unspecified atom stereocenters. The van der Waals surface area contributed by atoms with Crippen molar-refractivity contribution < 1.29 is 13.6 Å². The summed E-state index contributed by atoms with van der Waals surface area (Å²) in [4.78, 5) is 17.1. The maximum atomic E-state index is 13.4. The summed E-state index contributed by atoms with van der Waals surface area (Å²) in [6, 6.07) is 13.2. The number of piperidine rings is 1. The van der Waals surface area contributed by atoms with E-state index < -0.39 is 0 Å². The lowest BCUT2D eigenvalue weighted by molar-refractivity contribution is -0.131. The first kappa shape index (κ1) is 22.4. The average molecular weight is 415 g/mol. The van der Waals surface area contributed by atoms with Crippen molar-refractivity contribution in [3.05, 3.63) is 71.3 Å². The zero-order valence-electron chi connectivity index (χ0n) is 17.8. The van der Waals surface area contributed by atoms with Gasteiger partial charge in [0.1, 0.15) is 11.6 Å². The maximum absolute atomic E-state index is 13.4. The SMILES string of the molecule is CCN(C[C@@H]1CCCN(CCc2cccc(F)c2)C1)C(=O)CCc1ccc(F)cc1. The molecule has 5 heteroatoms. The smallest absolute Gasteiger partial charge is 0.222 e. The monoisotopic (exact) mass is 414 g/mol. The van der Waals surface area contributed by atoms with Crippen LogP contribution in [-0.2, 0) is 17.6 Å². The largest absolute Gasteiger partial charge is 0.343 e. The second-order valence-corrected chi connectivity index (χ2v) is 8.25. The minimum Gasteiger partial charge on any atom is -0.343 e. The van der Waals surface area contributed by atoms with Crippen molar-refractivity contribution in [1.82, 2.24) is 9.80 Å². The minimum absolute atomic E-state index is 0.165. The van der Waals surface area contributed by atoms with Crippen molar-refractivity contribution in [3.63, 3.8) is 0 Å². The predicted octanol–water partition coefficient (Wildman–Crippen LogP) is 4.70. The van der Waals surface area contributed by atoms with E-state index >= 15 is 0 Å². The van der Waals surface area contributed by atoms with Gasteiger partial charge in [-0.3, -0.25) is 4.79 Å². The number of aryl methyl sites for hydroxylation is 1. The second kappa shape index (κ2) is 11.2. The van der Waals surface area contributed by atoms with Crippen LogP contribution in [0.2, 0.25) is 0 Å². The number of halogens is 2. The molecule has 162 valence electrons. The first-order valence-corrected chi connectivity index (χ1v) is 11.0. The lowest BCUT2D eigenvalue weighted by Crippen LogP contribution is -2.43. The highest BCUT2D eigenvalue weighted by atomic mass is 19.1. The summed E-state index contributed by atoms with van der Waals surface area (Å²) < 4.78 is 26.4. The third-order valence-corrected chi connectivity index (χ3v) is 5.96. The predicted molar refractivity (Wildman–Crippen MR) is 116 cm³/mol. The number of carbonyl (C=O) groups excluding carboxylic acids is 1. The number of hydrogen-bond donors (Lipinski definition) is 0. The van der Waals surface area contributed by atoms with Crippen LogP contribution in [0.4, 0.5) is 8.78 Å². The third kappa shape index (κ3) is 6.91. The number of benzene rings is 2. The van der Waals surface area contributed by atoms with Gasteiger partial charge in [-0.25, -0.2) is 8.78 Å². The van der Waals surface area contributed by atoms with Crippen LogP contribution in [0.3, 0.4) is 0 Å². The van der Waals surface area contributed by atoms with Gasteiger partial charge in [-0.2, -0.15) is 0 Å². The van der Waals surface area contributed by atoms with E-state index in [4.69, 9.17) is 0 Å². The average Bonchev–Trinajstić information content (AvgIpc) is 2.76. The molecule has 2 aromatic rings. The van der Waals surface area contributed by atoms with Crippen LogP contribution in [-0.4, -0.2) is 48.4 Å². The summed E-state index contributed by atoms with van der Waals surface area (Å²) in [5.74, 6) is 0.209. The molecule has 1 aliphatic rings. The van der Waals surface area contributed by atoms with Gasteiger partial charge in [-0.05, 0) is 80.5 Å². The van der Waals surface area contributed by atoms with Crippen molar-refractivity contribution in [2.45, 2.75) is 39.0 Å². The summed E-state index contributed by atoms with van der Waals surface area (Å²) in [6.07, 6.45) is 4.21. The molecular formula is C25H32F2N2O. The normalized spacial score (nSPS) is 17.1. The van der Waals surface area contributed by atoms with Gasteiger partial charge in [0.05, 0.1) is 0 Å². The van der Waals surface area contributed by atoms with Crippen molar-refractivity contribution in [2.24, 2.45) is 5.92 Å². The van der Waals surface area contributed by atoms with E-state index in [1.807, 2.05) is 17.9 Å². The van der Waals surface area contributed by atoms with E-state index in [-0.39, 0.29) is 17.5 Å². The van der Waals surface area contributed by atoms with Crippen LogP contribution in [0, 0.1) is 17.6 Å². The number of hydrogen-bond acceptors (Lipinski definition) is 2. The lowest BCUT2D eigenvalue weighted by Gasteiger charge is -2.35. The Labute approximate surface area is 178 Å². The second-order valence-electron chi connectivity index (χ2n) is 8.25. The van der Waals surface area contributed by atoms with Gasteiger partial charge in [-0.15, -0.1) is 0 Å². The number of amides is 1. The fourth-order valence-electron chi connectivity index (χ4n) is 4.26. The summed E-state index contributed by atoms with van der Waals surface area (Å²) in [5.41, 5.74) is 2.02. The van der Waals surface area contributed by atoms with Crippen molar-refractivity contribution in [3.8, 4) is 0 Å². The van der Waals surface area contributed by atoms with Crippen molar-refractivity contribution >= 4 is 5.91 Å². The highest BCUT2D eigenvalue weighted by Gasteiger charge is 2.23. The van der Waals surface area contributed by atoms with Crippen LogP contribution < -0.4 is 0 Å². The molecule has 0 N–H and O–H groups in total. The molecule has 0 spiro atoms. The Hall–Kier alpha value is -2.27. The third-order valence-electron chi connectivity index (χ3n) is 5.96. The summed E-state index contributed by atoms with van der Waals surface area (Å²) in [5, 5.41) is 0. The molecule has 0 aromatic heterocycles. The first-order valence-electron chi connectivity index (χ1n) is 11.0. The van der Waals surface area contributed by atoms with Gasteiger partial charge in [0, 0.05) is 32.6 Å². The number of carbonyl (C=O) groups is 1. The topological polar surface area (TPSA) is 23.6 Å². The molecule has 1 fully saturated rings. The number of likely N-dealkylation sites (tertiary alicyclic amines) is 1. The van der Waals surface area contributed by atoms with Crippen molar-refractivity contribution in [2.75, 3.05) is 32.7 Å². The van der Waals surface area contributed by atoms with Gasteiger partial charge in [-0.1, -0.05) is 24.3 Å². The lowest BCUT2D eigenvalue weighted by atomic mass is 9.96. The van der Waals surface area contributed by atoms with E-state index in [1.165, 1.54) is 18.2 Å². The molecule has 3 nitrogen and oxygen atoms in total. The molecule has 0 saturated carbocycles. The molecule has 0 aliphatic carbocycles. The van der Waals surface area contributed by atoms with Gasteiger partial charge in [0.15, 0.2) is 0 Å². The Morgan fingerprint density at radius 2 is 1.87 bits per heavy atom.